The summed E-state index contributed by atoms with van der Waals surface area (Å²) in [5.74, 6) is 0.778. The number of carbonyl (C=O) groups excluding carboxylic acids is 1. The predicted molar refractivity (Wildman–Crippen MR) is 71.2 cm³/mol. The molecule has 4 heteroatoms. The summed E-state index contributed by atoms with van der Waals surface area (Å²) in [4.78, 5) is 16.9. The van der Waals surface area contributed by atoms with Gasteiger partial charge in [-0.05, 0) is 44.4 Å². The Morgan fingerprint density at radius 3 is 2.17 bits per heavy atom. The van der Waals surface area contributed by atoms with Crippen LogP contribution in [0.1, 0.15) is 45.4 Å². The lowest BCUT2D eigenvalue weighted by atomic mass is 9.97. The number of carbonyl (C=O) groups is 1. The summed E-state index contributed by atoms with van der Waals surface area (Å²) >= 11 is 0. The van der Waals surface area contributed by atoms with Gasteiger partial charge in [-0.25, -0.2) is 4.79 Å². The van der Waals surface area contributed by atoms with Crippen LogP contribution >= 0.6 is 0 Å². The number of hydrogen-bond acceptors (Lipinski definition) is 2. The van der Waals surface area contributed by atoms with E-state index in [9.17, 15) is 4.79 Å². The monoisotopic (exact) mass is 251 g/mol. The summed E-state index contributed by atoms with van der Waals surface area (Å²) in [6.45, 7) is 4.18. The molecule has 2 amide bonds. The molecule has 18 heavy (non-hydrogen) atoms. The minimum Gasteiger partial charge on any atom is -0.328 e. The van der Waals surface area contributed by atoms with Crippen LogP contribution < -0.4 is 5.73 Å². The molecule has 2 N–H and O–H groups in total. The summed E-state index contributed by atoms with van der Waals surface area (Å²) in [5.41, 5.74) is 6.06. The van der Waals surface area contributed by atoms with Gasteiger partial charge in [-0.3, -0.25) is 0 Å². The first-order valence-electron chi connectivity index (χ1n) is 7.48. The van der Waals surface area contributed by atoms with E-state index in [-0.39, 0.29) is 0 Å². The first-order valence-corrected chi connectivity index (χ1v) is 7.48. The number of nitrogens with zero attached hydrogens (tertiary/aromatic N) is 2. The van der Waals surface area contributed by atoms with Crippen LogP contribution in [0.4, 0.5) is 4.79 Å². The van der Waals surface area contributed by atoms with Gasteiger partial charge < -0.3 is 15.5 Å². The van der Waals surface area contributed by atoms with E-state index in [1.54, 1.807) is 0 Å². The highest BCUT2D eigenvalue weighted by Crippen LogP contribution is 2.36. The summed E-state index contributed by atoms with van der Waals surface area (Å²) in [7, 11) is 0. The van der Waals surface area contributed by atoms with Crippen LogP contribution in [-0.4, -0.2) is 47.0 Å². The summed E-state index contributed by atoms with van der Waals surface area (Å²) in [5, 5.41) is 0. The molecule has 4 nitrogen and oxygen atoms in total. The average molecular weight is 251 g/mol. The molecular formula is C14H25N3O. The molecule has 0 radical (unpaired) electrons. The largest absolute Gasteiger partial charge is 0.328 e. The Balaban J connectivity index is 1.66. The molecule has 3 aliphatic rings. The van der Waals surface area contributed by atoms with Gasteiger partial charge >= 0.3 is 6.03 Å². The zero-order chi connectivity index (χ0) is 12.7. The topological polar surface area (TPSA) is 49.6 Å². The minimum absolute atomic E-state index is 0.293. The number of urea groups is 1. The zero-order valence-corrected chi connectivity index (χ0v) is 11.3. The minimum atomic E-state index is 0.293. The molecule has 0 aromatic rings. The number of nitrogens with two attached hydrogens (primary N) is 1. The Hall–Kier alpha value is -0.770. The lowest BCUT2D eigenvalue weighted by molar-refractivity contribution is 0.0946. The maximum absolute atomic E-state index is 12.6. The maximum Gasteiger partial charge on any atom is 0.320 e. The van der Waals surface area contributed by atoms with Gasteiger partial charge in [-0.15, -0.1) is 0 Å². The van der Waals surface area contributed by atoms with Crippen molar-refractivity contribution in [2.45, 2.75) is 63.6 Å². The molecular weight excluding hydrogens is 226 g/mol. The van der Waals surface area contributed by atoms with E-state index in [4.69, 9.17) is 5.73 Å². The Bertz CT molecular complexity index is 311. The van der Waals surface area contributed by atoms with Crippen LogP contribution in [0, 0.1) is 5.92 Å². The molecule has 2 bridgehead atoms. The summed E-state index contributed by atoms with van der Waals surface area (Å²) in [6.07, 6.45) is 6.66. The first-order chi connectivity index (χ1) is 8.65. The smallest absolute Gasteiger partial charge is 0.320 e. The molecule has 3 aliphatic heterocycles. The van der Waals surface area contributed by atoms with Crippen molar-refractivity contribution in [3.63, 3.8) is 0 Å². The van der Waals surface area contributed by atoms with Crippen LogP contribution in [0.2, 0.25) is 0 Å². The van der Waals surface area contributed by atoms with Crippen LogP contribution in [0.15, 0.2) is 0 Å². The van der Waals surface area contributed by atoms with Gasteiger partial charge in [0, 0.05) is 31.2 Å². The van der Waals surface area contributed by atoms with Crippen molar-refractivity contribution >= 4 is 6.03 Å². The molecule has 3 rings (SSSR count). The Morgan fingerprint density at radius 1 is 1.06 bits per heavy atom. The van der Waals surface area contributed by atoms with Crippen molar-refractivity contribution in [1.82, 2.24) is 9.80 Å². The van der Waals surface area contributed by atoms with Gasteiger partial charge in [-0.2, -0.15) is 0 Å². The van der Waals surface area contributed by atoms with E-state index < -0.39 is 0 Å². The van der Waals surface area contributed by atoms with Crippen LogP contribution in [-0.2, 0) is 0 Å². The lowest BCUT2D eigenvalue weighted by Crippen LogP contribution is -2.55. The van der Waals surface area contributed by atoms with Crippen molar-refractivity contribution in [2.24, 2.45) is 11.7 Å². The van der Waals surface area contributed by atoms with Crippen molar-refractivity contribution < 1.29 is 4.79 Å². The fraction of sp³-hybridized carbons (Fsp3) is 0.929. The number of likely N-dealkylation sites (tertiary alicyclic amines) is 1. The van der Waals surface area contributed by atoms with Crippen molar-refractivity contribution in [3.05, 3.63) is 0 Å². The zero-order valence-electron chi connectivity index (χ0n) is 11.3. The SMILES string of the molecule is CC1CCN(C(=O)N2C3CCC2CC(N)C3)CC1. The van der Waals surface area contributed by atoms with E-state index in [0.717, 1.165) is 57.5 Å². The van der Waals surface area contributed by atoms with Crippen LogP contribution in [0.25, 0.3) is 0 Å². The van der Waals surface area contributed by atoms with Gasteiger partial charge in [0.15, 0.2) is 0 Å². The molecule has 102 valence electrons. The van der Waals surface area contributed by atoms with E-state index in [1.165, 1.54) is 0 Å². The molecule has 0 spiro atoms. The molecule has 3 fully saturated rings. The molecule has 3 heterocycles. The molecule has 0 aliphatic carbocycles. The van der Waals surface area contributed by atoms with Crippen molar-refractivity contribution in [2.75, 3.05) is 13.1 Å². The second-order valence-electron chi connectivity index (χ2n) is 6.48. The Kier molecular flexibility index (Phi) is 3.22. The third-order valence-corrected chi connectivity index (χ3v) is 5.04. The Labute approximate surface area is 109 Å². The molecule has 2 unspecified atom stereocenters. The lowest BCUT2D eigenvalue weighted by Gasteiger charge is -2.42. The predicted octanol–water partition coefficient (Wildman–Crippen LogP) is 1.79. The van der Waals surface area contributed by atoms with Crippen molar-refractivity contribution in [1.29, 1.82) is 0 Å². The third kappa shape index (κ3) is 2.11. The third-order valence-electron chi connectivity index (χ3n) is 5.04. The fourth-order valence-electron chi connectivity index (χ4n) is 3.89. The quantitative estimate of drug-likeness (QED) is 0.713. The molecule has 0 saturated carbocycles. The van der Waals surface area contributed by atoms with E-state index in [0.29, 0.717) is 24.2 Å². The highest BCUT2D eigenvalue weighted by atomic mass is 16.2. The van der Waals surface area contributed by atoms with E-state index >= 15 is 0 Å². The molecule has 2 atom stereocenters. The normalized spacial score (nSPS) is 37.1. The number of rotatable bonds is 0. The second-order valence-corrected chi connectivity index (χ2v) is 6.48. The van der Waals surface area contributed by atoms with Gasteiger partial charge in [0.2, 0.25) is 0 Å². The standard InChI is InChI=1S/C14H25N3O/c1-10-4-6-16(7-5-10)14(18)17-12-2-3-13(17)9-11(15)8-12/h10-13H,2-9,15H2,1H3. The first kappa shape index (κ1) is 12.3. The summed E-state index contributed by atoms with van der Waals surface area (Å²) < 4.78 is 0. The average Bonchev–Trinajstić information content (AvgIpc) is 2.62. The molecule has 3 saturated heterocycles. The maximum atomic E-state index is 12.6. The molecule has 0 aromatic carbocycles. The number of piperidine rings is 2. The number of hydrogen-bond donors (Lipinski definition) is 1. The van der Waals surface area contributed by atoms with E-state index in [1.807, 2.05) is 0 Å². The van der Waals surface area contributed by atoms with E-state index in [2.05, 4.69) is 16.7 Å². The van der Waals surface area contributed by atoms with Gasteiger partial charge in [-0.1, -0.05) is 6.92 Å². The summed E-state index contributed by atoms with van der Waals surface area (Å²) in [6, 6.07) is 1.45. The highest BCUT2D eigenvalue weighted by Gasteiger charge is 2.43. The van der Waals surface area contributed by atoms with Crippen LogP contribution in [0.3, 0.4) is 0 Å². The fourth-order valence-corrected chi connectivity index (χ4v) is 3.89. The van der Waals surface area contributed by atoms with Gasteiger partial charge in [0.1, 0.15) is 0 Å². The molecule has 0 aromatic heterocycles. The number of amides is 2. The highest BCUT2D eigenvalue weighted by molar-refractivity contribution is 5.76. The van der Waals surface area contributed by atoms with Crippen molar-refractivity contribution in [3.8, 4) is 0 Å². The van der Waals surface area contributed by atoms with Gasteiger partial charge in [0.25, 0.3) is 0 Å². The second kappa shape index (κ2) is 4.72. The van der Waals surface area contributed by atoms with Gasteiger partial charge in [0.05, 0.1) is 0 Å². The number of fused-ring (bicyclic) bond motifs is 2. The van der Waals surface area contributed by atoms with Crippen LogP contribution in [0.5, 0.6) is 0 Å². The Morgan fingerprint density at radius 2 is 1.61 bits per heavy atom.